The molecule has 0 amide bonds. The number of nitrogens with zero attached hydrogens (tertiary/aromatic N) is 2. The molecule has 2 rings (SSSR count). The molecule has 2 aliphatic heterocycles. The maximum Gasteiger partial charge on any atom is 0.0120 e. The van der Waals surface area contributed by atoms with Gasteiger partial charge in [-0.1, -0.05) is 6.92 Å². The van der Waals surface area contributed by atoms with Crippen molar-refractivity contribution in [3.63, 3.8) is 0 Å². The highest BCUT2D eigenvalue weighted by Crippen LogP contribution is 2.22. The summed E-state index contributed by atoms with van der Waals surface area (Å²) in [7, 11) is 2.23. The minimum absolute atomic E-state index is 0.438. The molecule has 0 aromatic carbocycles. The first kappa shape index (κ1) is 11.4. The first-order valence-electron chi connectivity index (χ1n) is 6.35. The molecule has 3 heteroatoms. The molecule has 3 nitrogen and oxygen atoms in total. The van der Waals surface area contributed by atoms with Gasteiger partial charge in [-0.2, -0.15) is 0 Å². The minimum Gasteiger partial charge on any atom is -0.327 e. The summed E-state index contributed by atoms with van der Waals surface area (Å²) in [5.74, 6) is 0.679. The van der Waals surface area contributed by atoms with Crippen LogP contribution in [0.25, 0.3) is 0 Å². The fourth-order valence-electron chi connectivity index (χ4n) is 2.89. The van der Waals surface area contributed by atoms with E-state index in [1.165, 1.54) is 45.4 Å². The van der Waals surface area contributed by atoms with Crippen LogP contribution < -0.4 is 5.73 Å². The van der Waals surface area contributed by atoms with Crippen molar-refractivity contribution >= 4 is 0 Å². The lowest BCUT2D eigenvalue weighted by molar-refractivity contribution is 0.0747. The van der Waals surface area contributed by atoms with E-state index in [1.54, 1.807) is 0 Å². The SMILES string of the molecule is CC1CN(C2CCN(C)CC2)CCC1N. The van der Waals surface area contributed by atoms with Gasteiger partial charge in [0, 0.05) is 18.6 Å². The zero-order chi connectivity index (χ0) is 10.8. The summed E-state index contributed by atoms with van der Waals surface area (Å²) in [4.78, 5) is 5.12. The lowest BCUT2D eigenvalue weighted by Crippen LogP contribution is -2.52. The summed E-state index contributed by atoms with van der Waals surface area (Å²) in [6.07, 6.45) is 3.88. The monoisotopic (exact) mass is 211 g/mol. The molecule has 0 spiro atoms. The quantitative estimate of drug-likeness (QED) is 0.695. The summed E-state index contributed by atoms with van der Waals surface area (Å²) < 4.78 is 0. The summed E-state index contributed by atoms with van der Waals surface area (Å²) in [6.45, 7) is 7.27. The van der Waals surface area contributed by atoms with Gasteiger partial charge in [0.2, 0.25) is 0 Å². The topological polar surface area (TPSA) is 32.5 Å². The Bertz CT molecular complexity index is 199. The summed E-state index contributed by atoms with van der Waals surface area (Å²) in [5.41, 5.74) is 6.06. The van der Waals surface area contributed by atoms with Crippen LogP contribution in [0.2, 0.25) is 0 Å². The average Bonchev–Trinajstić information content (AvgIpc) is 2.23. The van der Waals surface area contributed by atoms with E-state index in [4.69, 9.17) is 5.73 Å². The van der Waals surface area contributed by atoms with Crippen molar-refractivity contribution in [2.24, 2.45) is 11.7 Å². The van der Waals surface area contributed by atoms with E-state index in [2.05, 4.69) is 23.8 Å². The third-order valence-corrected chi connectivity index (χ3v) is 4.21. The van der Waals surface area contributed by atoms with Gasteiger partial charge in [-0.05, 0) is 51.9 Å². The molecule has 2 fully saturated rings. The molecule has 88 valence electrons. The smallest absolute Gasteiger partial charge is 0.0120 e. The first-order chi connectivity index (χ1) is 7.16. The number of rotatable bonds is 1. The highest BCUT2D eigenvalue weighted by Gasteiger charge is 2.29. The van der Waals surface area contributed by atoms with Crippen molar-refractivity contribution in [3.8, 4) is 0 Å². The van der Waals surface area contributed by atoms with E-state index in [0.717, 1.165) is 6.04 Å². The first-order valence-corrected chi connectivity index (χ1v) is 6.35. The molecule has 2 unspecified atom stereocenters. The van der Waals surface area contributed by atoms with Gasteiger partial charge in [-0.3, -0.25) is 4.90 Å². The molecule has 0 aliphatic carbocycles. The second-order valence-electron chi connectivity index (χ2n) is 5.46. The third-order valence-electron chi connectivity index (χ3n) is 4.21. The number of likely N-dealkylation sites (tertiary alicyclic amines) is 2. The highest BCUT2D eigenvalue weighted by atomic mass is 15.2. The Kier molecular flexibility index (Phi) is 3.65. The zero-order valence-corrected chi connectivity index (χ0v) is 10.2. The van der Waals surface area contributed by atoms with Gasteiger partial charge in [0.15, 0.2) is 0 Å². The van der Waals surface area contributed by atoms with Crippen LogP contribution in [-0.4, -0.2) is 55.1 Å². The Morgan fingerprint density at radius 3 is 2.33 bits per heavy atom. The fourth-order valence-corrected chi connectivity index (χ4v) is 2.89. The molecule has 0 aromatic rings. The highest BCUT2D eigenvalue weighted by molar-refractivity contribution is 4.86. The minimum atomic E-state index is 0.438. The van der Waals surface area contributed by atoms with E-state index >= 15 is 0 Å². The second kappa shape index (κ2) is 4.81. The standard InChI is InChI=1S/C12H25N3/c1-10-9-15(8-5-12(10)13)11-3-6-14(2)7-4-11/h10-12H,3-9,13H2,1-2H3. The van der Waals surface area contributed by atoms with Crippen molar-refractivity contribution in [2.45, 2.75) is 38.3 Å². The van der Waals surface area contributed by atoms with E-state index in [9.17, 15) is 0 Å². The Balaban J connectivity index is 1.84. The van der Waals surface area contributed by atoms with E-state index < -0.39 is 0 Å². The maximum absolute atomic E-state index is 6.06. The normalized spacial score (nSPS) is 37.0. The lowest BCUT2D eigenvalue weighted by atomic mass is 9.92. The Labute approximate surface area is 93.6 Å². The molecule has 0 radical (unpaired) electrons. The van der Waals surface area contributed by atoms with Crippen molar-refractivity contribution in [3.05, 3.63) is 0 Å². The predicted octanol–water partition coefficient (Wildman–Crippen LogP) is 0.750. The van der Waals surface area contributed by atoms with Gasteiger partial charge in [-0.25, -0.2) is 0 Å². The molecule has 0 bridgehead atoms. The number of hydrogen-bond acceptors (Lipinski definition) is 3. The fraction of sp³-hybridized carbons (Fsp3) is 1.00. The summed E-state index contributed by atoms with van der Waals surface area (Å²) >= 11 is 0. The van der Waals surface area contributed by atoms with Crippen molar-refractivity contribution in [2.75, 3.05) is 33.2 Å². The number of hydrogen-bond donors (Lipinski definition) is 1. The Morgan fingerprint density at radius 1 is 1.07 bits per heavy atom. The van der Waals surface area contributed by atoms with Crippen LogP contribution >= 0.6 is 0 Å². The maximum atomic E-state index is 6.06. The molecular weight excluding hydrogens is 186 g/mol. The van der Waals surface area contributed by atoms with Crippen molar-refractivity contribution in [1.29, 1.82) is 0 Å². The van der Waals surface area contributed by atoms with Gasteiger partial charge < -0.3 is 10.6 Å². The van der Waals surface area contributed by atoms with Crippen LogP contribution in [0.1, 0.15) is 26.2 Å². The van der Waals surface area contributed by atoms with Crippen molar-refractivity contribution in [1.82, 2.24) is 9.80 Å². The molecule has 2 heterocycles. The van der Waals surface area contributed by atoms with Crippen LogP contribution in [0, 0.1) is 5.92 Å². The zero-order valence-electron chi connectivity index (χ0n) is 10.2. The predicted molar refractivity (Wildman–Crippen MR) is 63.8 cm³/mol. The molecule has 0 saturated carbocycles. The average molecular weight is 211 g/mol. The third kappa shape index (κ3) is 2.71. The Morgan fingerprint density at radius 2 is 1.73 bits per heavy atom. The van der Waals surface area contributed by atoms with Crippen LogP contribution in [0.4, 0.5) is 0 Å². The van der Waals surface area contributed by atoms with Crippen LogP contribution in [0.5, 0.6) is 0 Å². The van der Waals surface area contributed by atoms with Crippen LogP contribution in [0.15, 0.2) is 0 Å². The van der Waals surface area contributed by atoms with E-state index in [-0.39, 0.29) is 0 Å². The number of nitrogens with two attached hydrogens (primary N) is 1. The molecule has 2 atom stereocenters. The molecule has 0 aromatic heterocycles. The van der Waals surface area contributed by atoms with E-state index in [1.807, 2.05) is 0 Å². The molecule has 2 saturated heterocycles. The molecule has 2 aliphatic rings. The van der Waals surface area contributed by atoms with Gasteiger partial charge in [0.1, 0.15) is 0 Å². The lowest BCUT2D eigenvalue weighted by Gasteiger charge is -2.42. The largest absolute Gasteiger partial charge is 0.327 e. The summed E-state index contributed by atoms with van der Waals surface area (Å²) in [6, 6.07) is 1.27. The summed E-state index contributed by atoms with van der Waals surface area (Å²) in [5, 5.41) is 0. The van der Waals surface area contributed by atoms with Crippen LogP contribution in [0.3, 0.4) is 0 Å². The second-order valence-corrected chi connectivity index (χ2v) is 5.46. The van der Waals surface area contributed by atoms with Gasteiger partial charge in [0.25, 0.3) is 0 Å². The molecule has 2 N–H and O–H groups in total. The number of piperidine rings is 2. The van der Waals surface area contributed by atoms with Crippen molar-refractivity contribution < 1.29 is 0 Å². The molecule has 15 heavy (non-hydrogen) atoms. The van der Waals surface area contributed by atoms with Gasteiger partial charge in [-0.15, -0.1) is 0 Å². The van der Waals surface area contributed by atoms with E-state index in [0.29, 0.717) is 12.0 Å². The molecular formula is C12H25N3. The van der Waals surface area contributed by atoms with Gasteiger partial charge in [0.05, 0.1) is 0 Å². The van der Waals surface area contributed by atoms with Crippen LogP contribution in [-0.2, 0) is 0 Å². The van der Waals surface area contributed by atoms with Gasteiger partial charge >= 0.3 is 0 Å². The Hall–Kier alpha value is -0.120.